The van der Waals surface area contributed by atoms with E-state index in [2.05, 4.69) is 31.0 Å². The zero-order chi connectivity index (χ0) is 19.3. The van der Waals surface area contributed by atoms with E-state index in [1.165, 1.54) is 0 Å². The number of rotatable bonds is 8. The van der Waals surface area contributed by atoms with Gasteiger partial charge in [-0.25, -0.2) is 0 Å². The first-order valence-corrected chi connectivity index (χ1v) is 8.74. The van der Waals surface area contributed by atoms with Crippen molar-refractivity contribution in [3.63, 3.8) is 0 Å². The second kappa shape index (κ2) is 10.8. The number of hydrogen-bond acceptors (Lipinski definition) is 6. The van der Waals surface area contributed by atoms with E-state index in [-0.39, 0.29) is 0 Å². The van der Waals surface area contributed by atoms with E-state index in [1.807, 2.05) is 84.9 Å². The van der Waals surface area contributed by atoms with Crippen LogP contribution in [0.25, 0.3) is 0 Å². The Hall–Kier alpha value is -4.06. The molecule has 0 aromatic heterocycles. The molecule has 0 bridgehead atoms. The Balaban J connectivity index is 1.55. The lowest BCUT2D eigenvalue weighted by Crippen LogP contribution is -1.89. The van der Waals surface area contributed by atoms with E-state index < -0.39 is 0 Å². The Labute approximate surface area is 164 Å². The highest BCUT2D eigenvalue weighted by atomic mass is 15.3. The van der Waals surface area contributed by atoms with Crippen molar-refractivity contribution >= 4 is 47.6 Å². The summed E-state index contributed by atoms with van der Waals surface area (Å²) in [4.78, 5) is 8.79. The van der Waals surface area contributed by atoms with Gasteiger partial charge in [-0.15, -0.1) is 0 Å². The summed E-state index contributed by atoms with van der Waals surface area (Å²) in [7, 11) is 0. The molecule has 0 unspecified atom stereocenters. The van der Waals surface area contributed by atoms with Gasteiger partial charge in [-0.2, -0.15) is 10.2 Å². The Morgan fingerprint density at radius 1 is 0.464 bits per heavy atom. The Morgan fingerprint density at radius 2 is 0.857 bits per heavy atom. The van der Waals surface area contributed by atoms with Crippen LogP contribution in [0.4, 0.5) is 22.7 Å². The highest BCUT2D eigenvalue weighted by molar-refractivity contribution is 6.18. The number of benzene rings is 3. The highest BCUT2D eigenvalue weighted by Gasteiger charge is 1.95. The standard InChI is InChI=1S/C22H20N6/c1-3-9-19(10-4-1)27-25-17-15-23-21-13-7-8-14-22(21)24-16-18-26-28-20-11-5-2-6-12-20/h1-18,27-28H/b23-15?,24-16?,25-17-,26-18-. The number of nitrogens with one attached hydrogen (secondary N) is 2. The summed E-state index contributed by atoms with van der Waals surface area (Å²) < 4.78 is 0. The molecule has 3 aromatic carbocycles. The van der Waals surface area contributed by atoms with E-state index in [4.69, 9.17) is 0 Å². The van der Waals surface area contributed by atoms with Gasteiger partial charge in [0.05, 0.1) is 35.2 Å². The molecule has 0 saturated heterocycles. The molecule has 0 heterocycles. The normalized spacial score (nSPS) is 11.7. The third-order valence-corrected chi connectivity index (χ3v) is 3.53. The molecule has 0 fully saturated rings. The van der Waals surface area contributed by atoms with Gasteiger partial charge in [-0.3, -0.25) is 20.8 Å². The van der Waals surface area contributed by atoms with Gasteiger partial charge in [0.2, 0.25) is 0 Å². The first-order chi connectivity index (χ1) is 13.9. The van der Waals surface area contributed by atoms with Crippen LogP contribution in [0.2, 0.25) is 0 Å². The molecule has 0 amide bonds. The number of aliphatic imine (C=N–C) groups is 2. The molecule has 0 saturated carbocycles. The molecule has 28 heavy (non-hydrogen) atoms. The van der Waals surface area contributed by atoms with Crippen molar-refractivity contribution in [1.29, 1.82) is 0 Å². The molecule has 0 spiro atoms. The lowest BCUT2D eigenvalue weighted by Gasteiger charge is -1.99. The first-order valence-electron chi connectivity index (χ1n) is 8.74. The molecule has 0 aliphatic rings. The predicted molar refractivity (Wildman–Crippen MR) is 120 cm³/mol. The summed E-state index contributed by atoms with van der Waals surface area (Å²) >= 11 is 0. The third kappa shape index (κ3) is 6.34. The van der Waals surface area contributed by atoms with Crippen LogP contribution in [0.15, 0.2) is 105 Å². The van der Waals surface area contributed by atoms with Gasteiger partial charge in [0.1, 0.15) is 0 Å². The Morgan fingerprint density at radius 3 is 1.29 bits per heavy atom. The smallest absolute Gasteiger partial charge is 0.0886 e. The lowest BCUT2D eigenvalue weighted by atomic mass is 10.3. The van der Waals surface area contributed by atoms with Crippen LogP contribution < -0.4 is 10.9 Å². The van der Waals surface area contributed by atoms with E-state index >= 15 is 0 Å². The second-order valence-corrected chi connectivity index (χ2v) is 5.56. The molecule has 6 nitrogen and oxygen atoms in total. The minimum Gasteiger partial charge on any atom is -0.278 e. The minimum absolute atomic E-state index is 0.745. The largest absolute Gasteiger partial charge is 0.278 e. The molecule has 3 aromatic rings. The monoisotopic (exact) mass is 368 g/mol. The molecule has 2 N–H and O–H groups in total. The number of hydrazone groups is 2. The zero-order valence-electron chi connectivity index (χ0n) is 15.2. The summed E-state index contributed by atoms with van der Waals surface area (Å²) in [5.74, 6) is 0. The van der Waals surface area contributed by atoms with E-state index in [1.54, 1.807) is 24.9 Å². The quantitative estimate of drug-likeness (QED) is 0.419. The number of anilines is 2. The van der Waals surface area contributed by atoms with Crippen LogP contribution in [-0.4, -0.2) is 24.9 Å². The van der Waals surface area contributed by atoms with Crippen molar-refractivity contribution in [2.45, 2.75) is 0 Å². The summed E-state index contributed by atoms with van der Waals surface area (Å²) in [6.45, 7) is 0. The van der Waals surface area contributed by atoms with Gasteiger partial charge < -0.3 is 0 Å². The molecule has 0 atom stereocenters. The number of hydrogen-bond donors (Lipinski definition) is 2. The highest BCUT2D eigenvalue weighted by Crippen LogP contribution is 2.26. The summed E-state index contributed by atoms with van der Waals surface area (Å²) in [5.41, 5.74) is 9.19. The molecule has 138 valence electrons. The molecular formula is C22H20N6. The molecular weight excluding hydrogens is 348 g/mol. The summed E-state index contributed by atoms with van der Waals surface area (Å²) in [5, 5.41) is 8.22. The topological polar surface area (TPSA) is 73.5 Å². The minimum atomic E-state index is 0.745. The van der Waals surface area contributed by atoms with Crippen molar-refractivity contribution < 1.29 is 0 Å². The Kier molecular flexibility index (Phi) is 7.24. The third-order valence-electron chi connectivity index (χ3n) is 3.53. The molecule has 0 aliphatic heterocycles. The SMILES string of the molecule is C(/C=N\Nc1ccccc1)=Nc1ccccc1N=C/C=N\Nc1ccccc1. The van der Waals surface area contributed by atoms with Crippen molar-refractivity contribution in [1.82, 2.24) is 0 Å². The lowest BCUT2D eigenvalue weighted by molar-refractivity contribution is 1.36. The van der Waals surface area contributed by atoms with Crippen LogP contribution in [0.1, 0.15) is 0 Å². The van der Waals surface area contributed by atoms with Crippen LogP contribution in [0.5, 0.6) is 0 Å². The average Bonchev–Trinajstić information content (AvgIpc) is 2.76. The maximum Gasteiger partial charge on any atom is 0.0886 e. The van der Waals surface area contributed by atoms with Crippen molar-refractivity contribution in [2.75, 3.05) is 10.9 Å². The first kappa shape index (κ1) is 18.7. The van der Waals surface area contributed by atoms with E-state index in [0.29, 0.717) is 0 Å². The average molecular weight is 368 g/mol. The van der Waals surface area contributed by atoms with Gasteiger partial charge in [0.25, 0.3) is 0 Å². The summed E-state index contributed by atoms with van der Waals surface area (Å²) in [6, 6.07) is 27.0. The van der Waals surface area contributed by atoms with Crippen molar-refractivity contribution in [3.8, 4) is 0 Å². The fourth-order valence-corrected chi connectivity index (χ4v) is 2.23. The number of nitrogens with zero attached hydrogens (tertiary/aromatic N) is 4. The molecule has 6 heteroatoms. The summed E-state index contributed by atoms with van der Waals surface area (Å²) in [6.07, 6.45) is 6.43. The van der Waals surface area contributed by atoms with Gasteiger partial charge in [0, 0.05) is 12.4 Å². The van der Waals surface area contributed by atoms with Gasteiger partial charge in [0.15, 0.2) is 0 Å². The van der Waals surface area contributed by atoms with Crippen LogP contribution in [0.3, 0.4) is 0 Å². The van der Waals surface area contributed by atoms with Crippen LogP contribution in [0, 0.1) is 0 Å². The molecule has 3 rings (SSSR count). The van der Waals surface area contributed by atoms with Crippen LogP contribution >= 0.6 is 0 Å². The predicted octanol–water partition coefficient (Wildman–Crippen LogP) is 5.29. The van der Waals surface area contributed by atoms with Crippen molar-refractivity contribution in [2.24, 2.45) is 20.2 Å². The van der Waals surface area contributed by atoms with E-state index in [0.717, 1.165) is 22.7 Å². The zero-order valence-corrected chi connectivity index (χ0v) is 15.2. The molecule has 0 radical (unpaired) electrons. The van der Waals surface area contributed by atoms with Crippen molar-refractivity contribution in [3.05, 3.63) is 84.9 Å². The van der Waals surface area contributed by atoms with Gasteiger partial charge >= 0.3 is 0 Å². The molecule has 0 aliphatic carbocycles. The number of para-hydroxylation sites is 4. The fourth-order valence-electron chi connectivity index (χ4n) is 2.23. The fraction of sp³-hybridized carbons (Fsp3) is 0. The Bertz CT molecular complexity index is 882. The maximum atomic E-state index is 4.40. The van der Waals surface area contributed by atoms with Gasteiger partial charge in [-0.05, 0) is 36.4 Å². The maximum absolute atomic E-state index is 4.40. The second-order valence-electron chi connectivity index (χ2n) is 5.56. The van der Waals surface area contributed by atoms with Crippen LogP contribution in [-0.2, 0) is 0 Å². The van der Waals surface area contributed by atoms with E-state index in [9.17, 15) is 0 Å². The van der Waals surface area contributed by atoms with Gasteiger partial charge in [-0.1, -0.05) is 48.5 Å².